The number of benzene rings is 3. The first-order chi connectivity index (χ1) is 14.2. The number of hydrogen-bond donors (Lipinski definition) is 0. The molecule has 1 aliphatic rings. The van der Waals surface area contributed by atoms with Crippen LogP contribution in [0.4, 0.5) is 0 Å². The van der Waals surface area contributed by atoms with Crippen molar-refractivity contribution in [3.05, 3.63) is 108 Å². The van der Waals surface area contributed by atoms with Gasteiger partial charge in [-0.05, 0) is 30.2 Å². The van der Waals surface area contributed by atoms with Crippen LogP contribution in [0.2, 0.25) is 0 Å². The zero-order valence-electron chi connectivity index (χ0n) is 16.9. The fourth-order valence-electron chi connectivity index (χ4n) is 4.23. The lowest BCUT2D eigenvalue weighted by atomic mass is 9.89. The van der Waals surface area contributed by atoms with Gasteiger partial charge in [-0.1, -0.05) is 91.0 Å². The van der Waals surface area contributed by atoms with Crippen molar-refractivity contribution in [2.45, 2.75) is 18.4 Å². The molecule has 2 atom stereocenters. The third-order valence-corrected chi connectivity index (χ3v) is 5.83. The quantitative estimate of drug-likeness (QED) is 0.645. The van der Waals surface area contributed by atoms with E-state index < -0.39 is 0 Å². The number of nitrogens with zero attached hydrogens (tertiary/aromatic N) is 2. The van der Waals surface area contributed by atoms with Crippen LogP contribution < -0.4 is 0 Å². The second-order valence-corrected chi connectivity index (χ2v) is 7.87. The van der Waals surface area contributed by atoms with Crippen molar-refractivity contribution in [2.75, 3.05) is 26.7 Å². The molecule has 148 valence electrons. The van der Waals surface area contributed by atoms with Gasteiger partial charge in [-0.15, -0.1) is 0 Å². The summed E-state index contributed by atoms with van der Waals surface area (Å²) in [6.45, 7) is 2.53. The van der Waals surface area contributed by atoms with Crippen LogP contribution in [0.1, 0.15) is 28.7 Å². The Kier molecular flexibility index (Phi) is 6.06. The average molecular weight is 385 g/mol. The van der Waals surface area contributed by atoms with Crippen LogP contribution in [0.15, 0.2) is 91.0 Å². The zero-order valence-corrected chi connectivity index (χ0v) is 16.9. The smallest absolute Gasteiger partial charge is 0.231 e. The third-order valence-electron chi connectivity index (χ3n) is 5.83. The molecule has 0 N–H and O–H groups in total. The number of likely N-dealkylation sites (N-methyl/N-ethyl adjacent to an activating group) is 1. The Morgan fingerprint density at radius 1 is 0.862 bits per heavy atom. The molecule has 4 rings (SSSR count). The van der Waals surface area contributed by atoms with Crippen molar-refractivity contribution in [3.8, 4) is 0 Å². The van der Waals surface area contributed by atoms with Crippen molar-refractivity contribution in [3.63, 3.8) is 0 Å². The molecule has 3 heteroatoms. The predicted molar refractivity (Wildman–Crippen MR) is 118 cm³/mol. The van der Waals surface area contributed by atoms with Crippen molar-refractivity contribution in [1.29, 1.82) is 0 Å². The highest BCUT2D eigenvalue weighted by atomic mass is 16.2. The Morgan fingerprint density at radius 3 is 2.10 bits per heavy atom. The van der Waals surface area contributed by atoms with Crippen LogP contribution in [-0.2, 0) is 11.2 Å². The van der Waals surface area contributed by atoms with Gasteiger partial charge < -0.3 is 9.80 Å². The molecule has 1 saturated heterocycles. The first kappa shape index (κ1) is 19.4. The summed E-state index contributed by atoms with van der Waals surface area (Å²) in [5.41, 5.74) is 3.49. The van der Waals surface area contributed by atoms with Gasteiger partial charge in [-0.2, -0.15) is 0 Å². The summed E-state index contributed by atoms with van der Waals surface area (Å²) in [7, 11) is 2.14. The number of rotatable bonds is 5. The van der Waals surface area contributed by atoms with Gasteiger partial charge >= 0.3 is 0 Å². The van der Waals surface area contributed by atoms with Crippen LogP contribution in [0.5, 0.6) is 0 Å². The highest BCUT2D eigenvalue weighted by Gasteiger charge is 2.34. The van der Waals surface area contributed by atoms with E-state index in [0.717, 1.165) is 31.6 Å². The topological polar surface area (TPSA) is 23.6 Å². The number of carbonyl (C=O) groups excluding carboxylic acids is 1. The van der Waals surface area contributed by atoms with E-state index >= 15 is 0 Å². The summed E-state index contributed by atoms with van der Waals surface area (Å²) in [6.07, 6.45) is 0.720. The summed E-state index contributed by atoms with van der Waals surface area (Å²) >= 11 is 0. The van der Waals surface area contributed by atoms with Crippen molar-refractivity contribution in [1.82, 2.24) is 9.80 Å². The Bertz CT molecular complexity index is 911. The minimum Gasteiger partial charge on any atom is -0.333 e. The van der Waals surface area contributed by atoms with Gasteiger partial charge in [-0.3, -0.25) is 4.79 Å². The van der Waals surface area contributed by atoms with E-state index in [-0.39, 0.29) is 17.9 Å². The SMILES string of the molecule is CN1CCN(C(=O)C(Cc2ccccc2)c2ccccc2)C(c2ccccc2)C1. The van der Waals surface area contributed by atoms with E-state index in [1.807, 2.05) is 42.5 Å². The van der Waals surface area contributed by atoms with Crippen LogP contribution in [0, 0.1) is 0 Å². The average Bonchev–Trinajstić information content (AvgIpc) is 2.79. The summed E-state index contributed by atoms with van der Waals surface area (Å²) in [5, 5.41) is 0. The predicted octanol–water partition coefficient (Wildman–Crippen LogP) is 4.53. The Balaban J connectivity index is 1.66. The number of amides is 1. The molecule has 29 heavy (non-hydrogen) atoms. The number of hydrogen-bond acceptors (Lipinski definition) is 2. The van der Waals surface area contributed by atoms with Crippen molar-refractivity contribution >= 4 is 5.91 Å². The van der Waals surface area contributed by atoms with Gasteiger partial charge in [0.05, 0.1) is 12.0 Å². The molecular formula is C26H28N2O. The second kappa shape index (κ2) is 9.06. The monoisotopic (exact) mass is 384 g/mol. The molecule has 1 aliphatic heterocycles. The lowest BCUT2D eigenvalue weighted by Gasteiger charge is -2.42. The fourth-order valence-corrected chi connectivity index (χ4v) is 4.23. The fraction of sp³-hybridized carbons (Fsp3) is 0.269. The Hall–Kier alpha value is -2.91. The van der Waals surface area contributed by atoms with Gasteiger partial charge in [-0.25, -0.2) is 0 Å². The van der Waals surface area contributed by atoms with Gasteiger partial charge in [0.2, 0.25) is 5.91 Å². The van der Waals surface area contributed by atoms with Crippen LogP contribution >= 0.6 is 0 Å². The van der Waals surface area contributed by atoms with Crippen LogP contribution in [0.25, 0.3) is 0 Å². The molecule has 0 aliphatic carbocycles. The molecule has 0 aromatic heterocycles. The van der Waals surface area contributed by atoms with Gasteiger partial charge in [0.1, 0.15) is 0 Å². The Morgan fingerprint density at radius 2 is 1.45 bits per heavy atom. The highest BCUT2D eigenvalue weighted by molar-refractivity contribution is 5.84. The zero-order chi connectivity index (χ0) is 20.1. The van der Waals surface area contributed by atoms with E-state index in [0.29, 0.717) is 0 Å². The lowest BCUT2D eigenvalue weighted by molar-refractivity contribution is -0.137. The molecule has 0 radical (unpaired) electrons. The van der Waals surface area contributed by atoms with E-state index in [9.17, 15) is 4.79 Å². The molecule has 0 spiro atoms. The molecular weight excluding hydrogens is 356 g/mol. The van der Waals surface area contributed by atoms with Gasteiger partial charge in [0.25, 0.3) is 0 Å². The molecule has 3 aromatic carbocycles. The summed E-state index contributed by atoms with van der Waals surface area (Å²) in [6, 6.07) is 31.1. The molecule has 3 nitrogen and oxygen atoms in total. The van der Waals surface area contributed by atoms with Gasteiger partial charge in [0.15, 0.2) is 0 Å². The number of piperazine rings is 1. The number of carbonyl (C=O) groups is 1. The summed E-state index contributed by atoms with van der Waals surface area (Å²) in [4.78, 5) is 18.3. The molecule has 3 aromatic rings. The molecule has 0 bridgehead atoms. The van der Waals surface area contributed by atoms with E-state index in [1.54, 1.807) is 0 Å². The van der Waals surface area contributed by atoms with E-state index in [1.165, 1.54) is 11.1 Å². The van der Waals surface area contributed by atoms with Crippen molar-refractivity contribution < 1.29 is 4.79 Å². The second-order valence-electron chi connectivity index (χ2n) is 7.87. The van der Waals surface area contributed by atoms with E-state index in [4.69, 9.17) is 0 Å². The molecule has 0 saturated carbocycles. The first-order valence-electron chi connectivity index (χ1n) is 10.3. The molecule has 1 fully saturated rings. The van der Waals surface area contributed by atoms with Crippen LogP contribution in [0.3, 0.4) is 0 Å². The van der Waals surface area contributed by atoms with Gasteiger partial charge in [0, 0.05) is 19.6 Å². The summed E-state index contributed by atoms with van der Waals surface area (Å²) in [5.74, 6) is 0.0511. The summed E-state index contributed by atoms with van der Waals surface area (Å²) < 4.78 is 0. The largest absolute Gasteiger partial charge is 0.333 e. The normalized spacial score (nSPS) is 18.4. The first-order valence-corrected chi connectivity index (χ1v) is 10.3. The van der Waals surface area contributed by atoms with Crippen molar-refractivity contribution in [2.24, 2.45) is 0 Å². The molecule has 1 heterocycles. The molecule has 1 amide bonds. The van der Waals surface area contributed by atoms with Crippen LogP contribution in [-0.4, -0.2) is 42.4 Å². The Labute approximate surface area is 173 Å². The standard InChI is InChI=1S/C26H28N2O/c1-27-17-18-28(25(20-27)23-15-9-4-10-16-23)26(29)24(22-13-7-3-8-14-22)19-21-11-5-2-6-12-21/h2-16,24-25H,17-20H2,1H3. The molecule has 2 unspecified atom stereocenters. The maximum atomic E-state index is 13.9. The van der Waals surface area contributed by atoms with E-state index in [2.05, 4.69) is 65.4 Å². The highest BCUT2D eigenvalue weighted by Crippen LogP contribution is 2.31. The minimum absolute atomic E-state index is 0.0874. The lowest BCUT2D eigenvalue weighted by Crippen LogP contribution is -2.50. The maximum Gasteiger partial charge on any atom is 0.231 e. The third kappa shape index (κ3) is 4.57. The maximum absolute atomic E-state index is 13.9. The minimum atomic E-state index is -0.173.